The lowest BCUT2D eigenvalue weighted by Gasteiger charge is -2.18. The van der Waals surface area contributed by atoms with Gasteiger partial charge in [-0.15, -0.1) is 0 Å². The van der Waals surface area contributed by atoms with Crippen LogP contribution < -0.4 is 9.64 Å². The fourth-order valence-electron chi connectivity index (χ4n) is 2.76. The highest BCUT2D eigenvalue weighted by atomic mass is 32.2. The molecule has 7 heteroatoms. The van der Waals surface area contributed by atoms with E-state index in [-0.39, 0.29) is 16.6 Å². The van der Waals surface area contributed by atoms with E-state index in [1.54, 1.807) is 6.20 Å². The molecule has 1 aliphatic rings. The van der Waals surface area contributed by atoms with E-state index in [0.717, 1.165) is 23.7 Å². The van der Waals surface area contributed by atoms with E-state index < -0.39 is 0 Å². The number of carbonyl (C=O) groups excluding carboxylic acids is 1. The van der Waals surface area contributed by atoms with Crippen molar-refractivity contribution in [1.82, 2.24) is 4.98 Å². The van der Waals surface area contributed by atoms with E-state index in [1.165, 1.54) is 11.8 Å². The Morgan fingerprint density at radius 2 is 1.96 bits per heavy atom. The maximum absolute atomic E-state index is 11.6. The van der Waals surface area contributed by atoms with Crippen LogP contribution in [0.2, 0.25) is 0 Å². The Bertz CT molecular complexity index is 809. The van der Waals surface area contributed by atoms with Crippen LogP contribution in [0.3, 0.4) is 0 Å². The summed E-state index contributed by atoms with van der Waals surface area (Å²) in [5, 5.41) is -0.244. The lowest BCUT2D eigenvalue weighted by Crippen LogP contribution is -2.24. The number of hydrogen-bond donors (Lipinski definition) is 0. The number of nitrogens with zero attached hydrogens (tertiary/aromatic N) is 3. The zero-order valence-electron chi connectivity index (χ0n) is 16.4. The van der Waals surface area contributed by atoms with Crippen LogP contribution in [0.4, 0.5) is 10.6 Å². The molecular weight excluding hydrogens is 374 g/mol. The zero-order valence-corrected chi connectivity index (χ0v) is 17.2. The first-order chi connectivity index (χ1) is 13.5. The van der Waals surface area contributed by atoms with Crippen LogP contribution in [0.1, 0.15) is 19.4 Å². The summed E-state index contributed by atoms with van der Waals surface area (Å²) in [5.74, 6) is 2.27. The Morgan fingerprint density at radius 3 is 2.64 bits per heavy atom. The van der Waals surface area contributed by atoms with Crippen molar-refractivity contribution in [2.75, 3.05) is 25.1 Å². The standard InChI is InChI=1S/C21H25N3O3S/c1-15(2)27-20-18(28-21(25)23-20)14-16-7-9-17(10-8-16)26-13-12-24(3)19-6-4-5-11-22-19/h4-11,15,18H,12-14H2,1-3H3. The van der Waals surface area contributed by atoms with Crippen LogP contribution >= 0.6 is 11.8 Å². The Labute approximate surface area is 170 Å². The Balaban J connectivity index is 1.48. The molecule has 28 heavy (non-hydrogen) atoms. The lowest BCUT2D eigenvalue weighted by molar-refractivity contribution is 0.222. The van der Waals surface area contributed by atoms with Crippen LogP contribution in [-0.4, -0.2) is 47.7 Å². The molecule has 0 saturated carbocycles. The number of anilines is 1. The maximum atomic E-state index is 11.6. The topological polar surface area (TPSA) is 64.0 Å². The van der Waals surface area contributed by atoms with Gasteiger partial charge in [-0.3, -0.25) is 4.79 Å². The second-order valence-electron chi connectivity index (χ2n) is 6.80. The molecule has 0 N–H and O–H groups in total. The number of rotatable bonds is 8. The highest BCUT2D eigenvalue weighted by Gasteiger charge is 2.30. The van der Waals surface area contributed by atoms with Gasteiger partial charge in [-0.05, 0) is 61.9 Å². The first-order valence-electron chi connectivity index (χ1n) is 9.31. The van der Waals surface area contributed by atoms with Crippen LogP contribution in [0.15, 0.2) is 53.7 Å². The van der Waals surface area contributed by atoms with Crippen LogP contribution in [0.5, 0.6) is 5.75 Å². The summed E-state index contributed by atoms with van der Waals surface area (Å²) in [7, 11) is 1.99. The van der Waals surface area contributed by atoms with Crippen molar-refractivity contribution in [3.05, 3.63) is 54.2 Å². The third-order valence-corrected chi connectivity index (χ3v) is 5.10. The highest BCUT2D eigenvalue weighted by molar-refractivity contribution is 8.15. The van der Waals surface area contributed by atoms with Crippen LogP contribution in [-0.2, 0) is 11.2 Å². The Kier molecular flexibility index (Phi) is 6.92. The normalized spacial score (nSPS) is 16.2. The largest absolute Gasteiger partial charge is 0.492 e. The number of aliphatic imine (C=N–C) groups is 1. The molecule has 2 heterocycles. The van der Waals surface area contributed by atoms with Crippen LogP contribution in [0, 0.1) is 0 Å². The van der Waals surface area contributed by atoms with Gasteiger partial charge in [-0.2, -0.15) is 4.99 Å². The quantitative estimate of drug-likeness (QED) is 0.663. The molecule has 1 unspecified atom stereocenters. The summed E-state index contributed by atoms with van der Waals surface area (Å²) in [6.07, 6.45) is 2.49. The Hall–Kier alpha value is -2.54. The summed E-state index contributed by atoms with van der Waals surface area (Å²) < 4.78 is 11.5. The van der Waals surface area contributed by atoms with Gasteiger partial charge in [-0.25, -0.2) is 4.98 Å². The van der Waals surface area contributed by atoms with Crippen molar-refractivity contribution in [1.29, 1.82) is 0 Å². The molecule has 0 spiro atoms. The average molecular weight is 400 g/mol. The van der Waals surface area contributed by atoms with E-state index in [0.29, 0.717) is 18.9 Å². The molecule has 148 valence electrons. The summed E-state index contributed by atoms with van der Waals surface area (Å²) in [6, 6.07) is 13.8. The first-order valence-corrected chi connectivity index (χ1v) is 10.2. The molecule has 2 aromatic rings. The monoisotopic (exact) mass is 399 g/mol. The van der Waals surface area contributed by atoms with Gasteiger partial charge in [0.05, 0.1) is 17.9 Å². The van der Waals surface area contributed by atoms with E-state index in [9.17, 15) is 4.79 Å². The van der Waals surface area contributed by atoms with Crippen molar-refractivity contribution in [2.24, 2.45) is 4.99 Å². The zero-order chi connectivity index (χ0) is 19.9. The number of amides is 1. The van der Waals surface area contributed by atoms with Gasteiger partial charge in [0, 0.05) is 13.2 Å². The van der Waals surface area contributed by atoms with E-state index >= 15 is 0 Å². The minimum Gasteiger partial charge on any atom is -0.492 e. The van der Waals surface area contributed by atoms with E-state index in [1.807, 2.05) is 63.4 Å². The number of thioether (sulfide) groups is 1. The van der Waals surface area contributed by atoms with Gasteiger partial charge in [0.2, 0.25) is 5.90 Å². The van der Waals surface area contributed by atoms with E-state index in [2.05, 4.69) is 14.9 Å². The lowest BCUT2D eigenvalue weighted by atomic mass is 10.1. The molecule has 1 aromatic heterocycles. The van der Waals surface area contributed by atoms with Gasteiger partial charge < -0.3 is 14.4 Å². The molecule has 0 radical (unpaired) electrons. The number of pyridine rings is 1. The van der Waals surface area contributed by atoms with Gasteiger partial charge >= 0.3 is 5.24 Å². The summed E-state index contributed by atoms with van der Waals surface area (Å²) in [5.41, 5.74) is 1.12. The second-order valence-corrected chi connectivity index (χ2v) is 7.95. The third kappa shape index (κ3) is 5.73. The first kappa shape index (κ1) is 20.2. The minimum atomic E-state index is -0.183. The van der Waals surface area contributed by atoms with Gasteiger partial charge in [-0.1, -0.05) is 18.2 Å². The smallest absolute Gasteiger partial charge is 0.308 e. The average Bonchev–Trinajstić information content (AvgIpc) is 3.01. The molecule has 1 aliphatic heterocycles. The van der Waals surface area contributed by atoms with Crippen molar-refractivity contribution < 1.29 is 14.3 Å². The fraction of sp³-hybridized carbons (Fsp3) is 0.381. The molecule has 0 fully saturated rings. The molecule has 0 bridgehead atoms. The molecule has 6 nitrogen and oxygen atoms in total. The summed E-state index contributed by atoms with van der Waals surface area (Å²) in [6.45, 7) is 5.18. The number of hydrogen-bond acceptors (Lipinski definition) is 6. The molecule has 0 saturated heterocycles. The molecule has 3 rings (SSSR count). The predicted octanol–water partition coefficient (Wildman–Crippen LogP) is 4.20. The number of likely N-dealkylation sites (N-methyl/N-ethyl adjacent to an activating group) is 1. The van der Waals surface area contributed by atoms with Gasteiger partial charge in [0.25, 0.3) is 0 Å². The summed E-state index contributed by atoms with van der Waals surface area (Å²) >= 11 is 1.22. The minimum absolute atomic E-state index is 0.00717. The number of benzene rings is 1. The van der Waals surface area contributed by atoms with E-state index in [4.69, 9.17) is 9.47 Å². The predicted molar refractivity (Wildman–Crippen MR) is 114 cm³/mol. The molecule has 1 aromatic carbocycles. The molecule has 1 atom stereocenters. The SMILES string of the molecule is CC(C)OC1=NC(=O)SC1Cc1ccc(OCCN(C)c2ccccn2)cc1. The highest BCUT2D eigenvalue weighted by Crippen LogP contribution is 2.28. The van der Waals surface area contributed by atoms with Crippen molar-refractivity contribution in [3.8, 4) is 5.75 Å². The van der Waals surface area contributed by atoms with Crippen molar-refractivity contribution in [3.63, 3.8) is 0 Å². The second kappa shape index (κ2) is 9.59. The maximum Gasteiger partial charge on any atom is 0.308 e. The molecular formula is C21H25N3O3S. The number of ether oxygens (including phenoxy) is 2. The molecule has 1 amide bonds. The number of carbonyl (C=O) groups is 1. The van der Waals surface area contributed by atoms with Gasteiger partial charge in [0.15, 0.2) is 0 Å². The van der Waals surface area contributed by atoms with Crippen LogP contribution in [0.25, 0.3) is 0 Å². The van der Waals surface area contributed by atoms with Crippen molar-refractivity contribution in [2.45, 2.75) is 31.6 Å². The third-order valence-electron chi connectivity index (χ3n) is 4.16. The Morgan fingerprint density at radius 1 is 1.18 bits per heavy atom. The fourth-order valence-corrected chi connectivity index (χ4v) is 3.63. The van der Waals surface area contributed by atoms with Gasteiger partial charge in [0.1, 0.15) is 18.2 Å². The van der Waals surface area contributed by atoms with Crippen molar-refractivity contribution >= 4 is 28.7 Å². The summed E-state index contributed by atoms with van der Waals surface area (Å²) in [4.78, 5) is 22.0. The number of aromatic nitrogens is 1. The molecule has 0 aliphatic carbocycles.